The lowest BCUT2D eigenvalue weighted by molar-refractivity contribution is -0.120. The molecule has 0 bridgehead atoms. The molecule has 2 rings (SSSR count). The van der Waals surface area contributed by atoms with Gasteiger partial charge in [0.2, 0.25) is 11.8 Å². The van der Waals surface area contributed by atoms with Crippen LogP contribution in [0.5, 0.6) is 0 Å². The van der Waals surface area contributed by atoms with E-state index < -0.39 is 0 Å². The van der Waals surface area contributed by atoms with Gasteiger partial charge in [0, 0.05) is 7.05 Å². The molecule has 4 N–H and O–H groups in total. The highest BCUT2D eigenvalue weighted by molar-refractivity contribution is 6.04. The summed E-state index contributed by atoms with van der Waals surface area (Å²) in [6.07, 6.45) is 0. The summed E-state index contributed by atoms with van der Waals surface area (Å²) in [5.41, 5.74) is 1.78. The maximum Gasteiger partial charge on any atom is 0.253 e. The fourth-order valence-electron chi connectivity index (χ4n) is 2.46. The minimum absolute atomic E-state index is 0.0379. The Morgan fingerprint density at radius 1 is 0.889 bits per heavy atom. The molecule has 7 heteroatoms. The van der Waals surface area contributed by atoms with Gasteiger partial charge in [-0.2, -0.15) is 0 Å². The lowest BCUT2D eigenvalue weighted by Crippen LogP contribution is -2.36. The summed E-state index contributed by atoms with van der Waals surface area (Å²) in [6.45, 7) is 1.90. The number of likely N-dealkylation sites (N-methyl/N-ethyl adjacent to an activating group) is 1. The molecular weight excluding hydrogens is 344 g/mol. The minimum Gasteiger partial charge on any atom is -0.358 e. The number of carbonyl (C=O) groups is 3. The zero-order valence-corrected chi connectivity index (χ0v) is 15.4. The Morgan fingerprint density at radius 3 is 2.22 bits per heavy atom. The molecule has 2 aromatic carbocycles. The first kappa shape index (κ1) is 20.1. The summed E-state index contributed by atoms with van der Waals surface area (Å²) in [4.78, 5) is 35.9. The first-order valence-electron chi connectivity index (χ1n) is 8.67. The quantitative estimate of drug-likeness (QED) is 0.567. The van der Waals surface area contributed by atoms with Gasteiger partial charge in [-0.15, -0.1) is 0 Å². The van der Waals surface area contributed by atoms with E-state index in [9.17, 15) is 14.4 Å². The number of amides is 3. The van der Waals surface area contributed by atoms with Gasteiger partial charge in [0.15, 0.2) is 0 Å². The van der Waals surface area contributed by atoms with Gasteiger partial charge in [0.1, 0.15) is 0 Å². The van der Waals surface area contributed by atoms with Crippen LogP contribution in [0.1, 0.15) is 28.9 Å². The molecule has 3 amide bonds. The molecule has 0 aliphatic heterocycles. The lowest BCUT2D eigenvalue weighted by Gasteiger charge is -2.16. The number of benzene rings is 2. The van der Waals surface area contributed by atoms with Gasteiger partial charge in [-0.05, 0) is 24.6 Å². The number of nitrogens with one attached hydrogen (secondary N) is 4. The summed E-state index contributed by atoms with van der Waals surface area (Å²) >= 11 is 0. The molecule has 0 aliphatic carbocycles. The summed E-state index contributed by atoms with van der Waals surface area (Å²) in [5, 5.41) is 10.8. The zero-order valence-electron chi connectivity index (χ0n) is 15.4. The first-order chi connectivity index (χ1) is 13.0. The Morgan fingerprint density at radius 2 is 1.52 bits per heavy atom. The smallest absolute Gasteiger partial charge is 0.253 e. The monoisotopic (exact) mass is 368 g/mol. The van der Waals surface area contributed by atoms with Crippen LogP contribution in [0.25, 0.3) is 0 Å². The van der Waals surface area contributed by atoms with E-state index in [1.807, 2.05) is 37.3 Å². The Kier molecular flexibility index (Phi) is 7.51. The Labute approximate surface area is 158 Å². The van der Waals surface area contributed by atoms with Gasteiger partial charge in [0.05, 0.1) is 30.4 Å². The third-order valence-electron chi connectivity index (χ3n) is 3.94. The predicted molar refractivity (Wildman–Crippen MR) is 104 cm³/mol. The van der Waals surface area contributed by atoms with Crippen LogP contribution in [-0.2, 0) is 9.59 Å². The maximum absolute atomic E-state index is 12.6. The fourth-order valence-corrected chi connectivity index (χ4v) is 2.46. The van der Waals surface area contributed by atoms with Gasteiger partial charge in [0.25, 0.3) is 5.91 Å². The van der Waals surface area contributed by atoms with Crippen molar-refractivity contribution in [2.45, 2.75) is 13.0 Å². The van der Waals surface area contributed by atoms with Crippen LogP contribution in [-0.4, -0.2) is 37.9 Å². The van der Waals surface area contributed by atoms with Crippen LogP contribution in [0, 0.1) is 0 Å². The number of rotatable bonds is 8. The van der Waals surface area contributed by atoms with Crippen molar-refractivity contribution in [1.29, 1.82) is 0 Å². The molecule has 7 nitrogen and oxygen atoms in total. The van der Waals surface area contributed by atoms with Crippen LogP contribution >= 0.6 is 0 Å². The summed E-state index contributed by atoms with van der Waals surface area (Å²) < 4.78 is 0. The normalized spacial score (nSPS) is 11.3. The molecule has 0 unspecified atom stereocenters. The van der Waals surface area contributed by atoms with Crippen LogP contribution in [0.3, 0.4) is 0 Å². The zero-order chi connectivity index (χ0) is 19.6. The van der Waals surface area contributed by atoms with Crippen molar-refractivity contribution in [2.24, 2.45) is 0 Å². The predicted octanol–water partition coefficient (Wildman–Crippen LogP) is 1.45. The van der Waals surface area contributed by atoms with E-state index in [-0.39, 0.29) is 36.9 Å². The second-order valence-electron chi connectivity index (χ2n) is 5.98. The third kappa shape index (κ3) is 6.23. The van der Waals surface area contributed by atoms with E-state index in [1.54, 1.807) is 24.3 Å². The Balaban J connectivity index is 1.98. The molecule has 0 radical (unpaired) electrons. The number of hydrogen-bond acceptors (Lipinski definition) is 4. The van der Waals surface area contributed by atoms with E-state index in [4.69, 9.17) is 0 Å². The SMILES string of the molecule is CNC(=O)CNCC(=O)Nc1ccccc1C(=O)N[C@H](C)c1ccccc1. The number of hydrogen-bond donors (Lipinski definition) is 4. The van der Waals surface area contributed by atoms with Gasteiger partial charge < -0.3 is 16.0 Å². The summed E-state index contributed by atoms with van der Waals surface area (Å²) in [5.74, 6) is -0.826. The second-order valence-corrected chi connectivity index (χ2v) is 5.98. The van der Waals surface area contributed by atoms with Gasteiger partial charge in [-0.3, -0.25) is 19.7 Å². The van der Waals surface area contributed by atoms with E-state index in [0.29, 0.717) is 11.3 Å². The average Bonchev–Trinajstić information content (AvgIpc) is 2.68. The molecule has 0 heterocycles. The summed E-state index contributed by atoms with van der Waals surface area (Å²) in [7, 11) is 1.52. The van der Waals surface area contributed by atoms with Gasteiger partial charge >= 0.3 is 0 Å². The van der Waals surface area contributed by atoms with Crippen molar-refractivity contribution in [1.82, 2.24) is 16.0 Å². The molecule has 0 saturated carbocycles. The molecule has 27 heavy (non-hydrogen) atoms. The highest BCUT2D eigenvalue weighted by Gasteiger charge is 2.16. The van der Waals surface area contributed by atoms with Crippen LogP contribution in [0.2, 0.25) is 0 Å². The van der Waals surface area contributed by atoms with Crippen molar-refractivity contribution in [3.63, 3.8) is 0 Å². The highest BCUT2D eigenvalue weighted by Crippen LogP contribution is 2.17. The summed E-state index contributed by atoms with van der Waals surface area (Å²) in [6, 6.07) is 16.3. The molecule has 142 valence electrons. The molecule has 0 spiro atoms. The largest absolute Gasteiger partial charge is 0.358 e. The van der Waals surface area contributed by atoms with Gasteiger partial charge in [-0.1, -0.05) is 42.5 Å². The van der Waals surface area contributed by atoms with E-state index >= 15 is 0 Å². The molecule has 0 fully saturated rings. The lowest BCUT2D eigenvalue weighted by atomic mass is 10.1. The third-order valence-corrected chi connectivity index (χ3v) is 3.94. The molecular formula is C20H24N4O3. The Bertz CT molecular complexity index is 793. The van der Waals surface area contributed by atoms with Crippen LogP contribution in [0.4, 0.5) is 5.69 Å². The Hall–Kier alpha value is -3.19. The van der Waals surface area contributed by atoms with Crippen molar-refractivity contribution in [2.75, 3.05) is 25.5 Å². The van der Waals surface area contributed by atoms with Gasteiger partial charge in [-0.25, -0.2) is 0 Å². The average molecular weight is 368 g/mol. The molecule has 0 aliphatic rings. The fraction of sp³-hybridized carbons (Fsp3) is 0.250. The first-order valence-corrected chi connectivity index (χ1v) is 8.67. The highest BCUT2D eigenvalue weighted by atomic mass is 16.2. The van der Waals surface area contributed by atoms with Crippen molar-refractivity contribution < 1.29 is 14.4 Å². The topological polar surface area (TPSA) is 99.3 Å². The number of carbonyl (C=O) groups excluding carboxylic acids is 3. The maximum atomic E-state index is 12.6. The van der Waals surface area contributed by atoms with E-state index in [2.05, 4.69) is 21.3 Å². The van der Waals surface area contributed by atoms with Crippen molar-refractivity contribution in [3.8, 4) is 0 Å². The van der Waals surface area contributed by atoms with E-state index in [1.165, 1.54) is 7.05 Å². The molecule has 1 atom stereocenters. The molecule has 2 aromatic rings. The van der Waals surface area contributed by atoms with E-state index in [0.717, 1.165) is 5.56 Å². The van der Waals surface area contributed by atoms with Crippen molar-refractivity contribution >= 4 is 23.4 Å². The second kappa shape index (κ2) is 10.1. The van der Waals surface area contributed by atoms with Crippen LogP contribution < -0.4 is 21.3 Å². The standard InChI is InChI=1S/C20H24N4O3/c1-14(15-8-4-3-5-9-15)23-20(27)16-10-6-7-11-17(16)24-19(26)13-22-12-18(25)21-2/h3-11,14,22H,12-13H2,1-2H3,(H,21,25)(H,23,27)(H,24,26)/t14-/m1/s1. The number of anilines is 1. The van der Waals surface area contributed by atoms with Crippen molar-refractivity contribution in [3.05, 3.63) is 65.7 Å². The minimum atomic E-state index is -0.338. The number of para-hydroxylation sites is 1. The van der Waals surface area contributed by atoms with Crippen LogP contribution in [0.15, 0.2) is 54.6 Å². The molecule has 0 aromatic heterocycles. The molecule has 0 saturated heterocycles.